The first-order valence-corrected chi connectivity index (χ1v) is 5.13. The predicted molar refractivity (Wildman–Crippen MR) is 62.4 cm³/mol. The number of ether oxygens (including phenoxy) is 1. The molecule has 0 saturated heterocycles. The van der Waals surface area contributed by atoms with Gasteiger partial charge in [-0.05, 0) is 0 Å². The van der Waals surface area contributed by atoms with Crippen molar-refractivity contribution in [2.45, 2.75) is 0 Å². The predicted octanol–water partition coefficient (Wildman–Crippen LogP) is 2.43. The highest BCUT2D eigenvalue weighted by Crippen LogP contribution is 2.28. The van der Waals surface area contributed by atoms with Gasteiger partial charge in [0.05, 0.1) is 7.11 Å². The first-order chi connectivity index (χ1) is 8.65. The molecule has 1 heterocycles. The Labute approximate surface area is 103 Å². The van der Waals surface area contributed by atoms with Crippen LogP contribution in [0, 0.1) is 0 Å². The number of aromatic carboxylic acids is 1. The lowest BCUT2D eigenvalue weighted by molar-refractivity contribution is 0.0584. The fraction of sp³-hybridized carbons (Fsp3) is 0.0769. The summed E-state index contributed by atoms with van der Waals surface area (Å²) < 4.78 is 9.77. The zero-order chi connectivity index (χ0) is 13.1. The number of hydrogen-bond donors (Lipinski definition) is 1. The zero-order valence-corrected chi connectivity index (χ0v) is 9.54. The molecule has 0 amide bonds. The Morgan fingerprint density at radius 1 is 1.22 bits per heavy atom. The molecule has 0 atom stereocenters. The van der Waals surface area contributed by atoms with Gasteiger partial charge in [0, 0.05) is 5.56 Å². The van der Waals surface area contributed by atoms with Gasteiger partial charge in [0.25, 0.3) is 0 Å². The standard InChI is InChI=1S/C13H10O5/c1-17-13(16)10-9(12(14)15)7-18-11(10)8-5-3-2-4-6-8/h2-7H,1H3,(H,14,15). The van der Waals surface area contributed by atoms with E-state index in [1.807, 2.05) is 6.07 Å². The van der Waals surface area contributed by atoms with E-state index in [2.05, 4.69) is 4.74 Å². The Bertz CT molecular complexity index is 583. The number of carbonyl (C=O) groups is 2. The zero-order valence-electron chi connectivity index (χ0n) is 9.54. The lowest BCUT2D eigenvalue weighted by atomic mass is 10.1. The van der Waals surface area contributed by atoms with Gasteiger partial charge in [-0.3, -0.25) is 0 Å². The second kappa shape index (κ2) is 4.75. The molecular formula is C13H10O5. The van der Waals surface area contributed by atoms with Crippen LogP contribution in [0.2, 0.25) is 0 Å². The van der Waals surface area contributed by atoms with Gasteiger partial charge in [-0.2, -0.15) is 0 Å². The Morgan fingerprint density at radius 3 is 2.44 bits per heavy atom. The molecule has 0 fully saturated rings. The van der Waals surface area contributed by atoms with Crippen LogP contribution in [-0.2, 0) is 4.74 Å². The van der Waals surface area contributed by atoms with Crippen LogP contribution in [-0.4, -0.2) is 24.2 Å². The van der Waals surface area contributed by atoms with Gasteiger partial charge in [-0.1, -0.05) is 30.3 Å². The summed E-state index contributed by atoms with van der Waals surface area (Å²) in [5.74, 6) is -1.78. The maximum atomic E-state index is 11.6. The van der Waals surface area contributed by atoms with Gasteiger partial charge in [-0.15, -0.1) is 0 Å². The third kappa shape index (κ3) is 1.98. The Hall–Kier alpha value is -2.56. The molecule has 2 rings (SSSR count). The van der Waals surface area contributed by atoms with E-state index in [1.165, 1.54) is 7.11 Å². The number of methoxy groups -OCH3 is 1. The van der Waals surface area contributed by atoms with Crippen LogP contribution >= 0.6 is 0 Å². The molecule has 0 saturated carbocycles. The topological polar surface area (TPSA) is 76.7 Å². The van der Waals surface area contributed by atoms with Gasteiger partial charge in [0.15, 0.2) is 0 Å². The average molecular weight is 246 g/mol. The summed E-state index contributed by atoms with van der Waals surface area (Å²) in [4.78, 5) is 22.7. The van der Waals surface area contributed by atoms with Crippen LogP contribution in [0.5, 0.6) is 0 Å². The number of rotatable bonds is 3. The number of esters is 1. The summed E-state index contributed by atoms with van der Waals surface area (Å²) >= 11 is 0. The summed E-state index contributed by atoms with van der Waals surface area (Å²) in [7, 11) is 1.19. The third-order valence-electron chi connectivity index (χ3n) is 2.45. The molecule has 5 nitrogen and oxygen atoms in total. The van der Waals surface area contributed by atoms with Gasteiger partial charge < -0.3 is 14.3 Å². The molecule has 0 aliphatic carbocycles. The summed E-state index contributed by atoms with van der Waals surface area (Å²) in [6.45, 7) is 0. The van der Waals surface area contributed by atoms with E-state index in [9.17, 15) is 9.59 Å². The molecule has 0 bridgehead atoms. The fourth-order valence-electron chi connectivity index (χ4n) is 1.62. The molecule has 0 unspecified atom stereocenters. The Morgan fingerprint density at radius 2 is 1.89 bits per heavy atom. The van der Waals surface area contributed by atoms with Gasteiger partial charge in [-0.25, -0.2) is 9.59 Å². The van der Waals surface area contributed by atoms with E-state index in [0.717, 1.165) is 6.26 Å². The molecule has 1 N–H and O–H groups in total. The number of carbonyl (C=O) groups excluding carboxylic acids is 1. The highest BCUT2D eigenvalue weighted by atomic mass is 16.5. The monoisotopic (exact) mass is 246 g/mol. The lowest BCUT2D eigenvalue weighted by Gasteiger charge is -2.02. The summed E-state index contributed by atoms with van der Waals surface area (Å²) in [6, 6.07) is 8.77. The SMILES string of the molecule is COC(=O)c1c(C(=O)O)coc1-c1ccccc1. The summed E-state index contributed by atoms with van der Waals surface area (Å²) in [6.07, 6.45) is 1.04. The van der Waals surface area contributed by atoms with Gasteiger partial charge >= 0.3 is 11.9 Å². The number of carboxylic acid groups (broad SMARTS) is 1. The molecular weight excluding hydrogens is 236 g/mol. The van der Waals surface area contributed by atoms with Crippen molar-refractivity contribution in [3.8, 4) is 11.3 Å². The molecule has 92 valence electrons. The molecule has 0 spiro atoms. The van der Waals surface area contributed by atoms with Crippen LogP contribution in [0.3, 0.4) is 0 Å². The van der Waals surface area contributed by atoms with Crippen molar-refractivity contribution in [1.29, 1.82) is 0 Å². The van der Waals surface area contributed by atoms with Crippen molar-refractivity contribution in [3.05, 3.63) is 47.7 Å². The van der Waals surface area contributed by atoms with E-state index in [1.54, 1.807) is 24.3 Å². The average Bonchev–Trinajstić information content (AvgIpc) is 2.83. The fourth-order valence-corrected chi connectivity index (χ4v) is 1.62. The second-order valence-electron chi connectivity index (χ2n) is 3.52. The number of benzene rings is 1. The maximum absolute atomic E-state index is 11.6. The highest BCUT2D eigenvalue weighted by Gasteiger charge is 2.26. The van der Waals surface area contributed by atoms with E-state index in [4.69, 9.17) is 9.52 Å². The van der Waals surface area contributed by atoms with Crippen molar-refractivity contribution >= 4 is 11.9 Å². The van der Waals surface area contributed by atoms with Crippen LogP contribution in [0.15, 0.2) is 41.0 Å². The second-order valence-corrected chi connectivity index (χ2v) is 3.52. The van der Waals surface area contributed by atoms with E-state index in [0.29, 0.717) is 5.56 Å². The molecule has 0 aliphatic heterocycles. The van der Waals surface area contributed by atoms with E-state index in [-0.39, 0.29) is 16.9 Å². The largest absolute Gasteiger partial charge is 0.478 e. The molecule has 0 aliphatic rings. The van der Waals surface area contributed by atoms with Crippen LogP contribution < -0.4 is 0 Å². The molecule has 5 heteroatoms. The third-order valence-corrected chi connectivity index (χ3v) is 2.45. The first-order valence-electron chi connectivity index (χ1n) is 5.13. The van der Waals surface area contributed by atoms with Crippen molar-refractivity contribution < 1.29 is 23.8 Å². The van der Waals surface area contributed by atoms with Crippen LogP contribution in [0.25, 0.3) is 11.3 Å². The molecule has 2 aromatic rings. The van der Waals surface area contributed by atoms with Gasteiger partial charge in [0.1, 0.15) is 23.2 Å². The van der Waals surface area contributed by atoms with Crippen LogP contribution in [0.1, 0.15) is 20.7 Å². The molecule has 1 aromatic carbocycles. The number of carboxylic acids is 1. The number of furan rings is 1. The highest BCUT2D eigenvalue weighted by molar-refractivity contribution is 6.06. The minimum absolute atomic E-state index is 0.0730. The van der Waals surface area contributed by atoms with Gasteiger partial charge in [0.2, 0.25) is 0 Å². The molecule has 0 radical (unpaired) electrons. The minimum Gasteiger partial charge on any atom is -0.478 e. The maximum Gasteiger partial charge on any atom is 0.342 e. The quantitative estimate of drug-likeness (QED) is 0.841. The Balaban J connectivity index is 2.62. The van der Waals surface area contributed by atoms with Crippen molar-refractivity contribution in [2.24, 2.45) is 0 Å². The summed E-state index contributed by atoms with van der Waals surface area (Å²) in [5.41, 5.74) is 0.335. The smallest absolute Gasteiger partial charge is 0.342 e. The molecule has 18 heavy (non-hydrogen) atoms. The van der Waals surface area contributed by atoms with Crippen molar-refractivity contribution in [1.82, 2.24) is 0 Å². The normalized spacial score (nSPS) is 10.1. The summed E-state index contributed by atoms with van der Waals surface area (Å²) in [5, 5.41) is 9.00. The minimum atomic E-state index is -1.23. The van der Waals surface area contributed by atoms with Crippen molar-refractivity contribution in [3.63, 3.8) is 0 Å². The van der Waals surface area contributed by atoms with E-state index >= 15 is 0 Å². The first kappa shape index (κ1) is 11.9. The number of hydrogen-bond acceptors (Lipinski definition) is 4. The molecule has 1 aromatic heterocycles. The van der Waals surface area contributed by atoms with Crippen molar-refractivity contribution in [2.75, 3.05) is 7.11 Å². The lowest BCUT2D eigenvalue weighted by Crippen LogP contribution is -2.08. The Kier molecular flexibility index (Phi) is 3.14. The van der Waals surface area contributed by atoms with E-state index < -0.39 is 11.9 Å². The van der Waals surface area contributed by atoms with Crippen LogP contribution in [0.4, 0.5) is 0 Å².